The molecular formula is C12H17FN2O. The van der Waals surface area contributed by atoms with E-state index in [4.69, 9.17) is 5.73 Å². The van der Waals surface area contributed by atoms with Gasteiger partial charge in [-0.25, -0.2) is 4.39 Å². The maximum atomic E-state index is 12.7. The van der Waals surface area contributed by atoms with E-state index in [1.165, 1.54) is 12.1 Å². The largest absolute Gasteiger partial charge is 0.337 e. The maximum Gasteiger partial charge on any atom is 0.236 e. The molecule has 0 unspecified atom stereocenters. The molecule has 2 N–H and O–H groups in total. The third-order valence-corrected chi connectivity index (χ3v) is 2.31. The monoisotopic (exact) mass is 224 g/mol. The lowest BCUT2D eigenvalue weighted by atomic mass is 10.2. The Morgan fingerprint density at radius 1 is 1.38 bits per heavy atom. The number of amides is 1. The Hall–Kier alpha value is -1.42. The summed E-state index contributed by atoms with van der Waals surface area (Å²) in [7, 11) is 0. The van der Waals surface area contributed by atoms with E-state index in [0.717, 1.165) is 12.0 Å². The summed E-state index contributed by atoms with van der Waals surface area (Å²) in [6.07, 6.45) is 0.882. The molecule has 3 nitrogen and oxygen atoms in total. The van der Waals surface area contributed by atoms with Crippen LogP contribution in [0.1, 0.15) is 18.9 Å². The molecule has 0 radical (unpaired) electrons. The van der Waals surface area contributed by atoms with Gasteiger partial charge in [0.1, 0.15) is 5.82 Å². The molecule has 16 heavy (non-hydrogen) atoms. The molecule has 0 aliphatic carbocycles. The molecule has 1 rings (SSSR count). The first kappa shape index (κ1) is 12.6. The van der Waals surface area contributed by atoms with Crippen molar-refractivity contribution in [3.63, 3.8) is 0 Å². The average molecular weight is 224 g/mol. The van der Waals surface area contributed by atoms with Crippen molar-refractivity contribution in [2.75, 3.05) is 13.1 Å². The van der Waals surface area contributed by atoms with Gasteiger partial charge in [-0.15, -0.1) is 0 Å². The van der Waals surface area contributed by atoms with Gasteiger partial charge in [0.25, 0.3) is 0 Å². The van der Waals surface area contributed by atoms with Crippen molar-refractivity contribution < 1.29 is 9.18 Å². The zero-order chi connectivity index (χ0) is 12.0. The third-order valence-electron chi connectivity index (χ3n) is 2.31. The summed E-state index contributed by atoms with van der Waals surface area (Å²) in [6, 6.07) is 6.16. The van der Waals surface area contributed by atoms with E-state index in [2.05, 4.69) is 0 Å². The second-order valence-electron chi connectivity index (χ2n) is 3.65. The number of carbonyl (C=O) groups is 1. The van der Waals surface area contributed by atoms with Crippen LogP contribution in [0.5, 0.6) is 0 Å². The van der Waals surface area contributed by atoms with Crippen molar-refractivity contribution in [3.05, 3.63) is 35.6 Å². The first-order chi connectivity index (χ1) is 7.67. The highest BCUT2D eigenvalue weighted by atomic mass is 19.1. The number of hydrogen-bond donors (Lipinski definition) is 1. The summed E-state index contributed by atoms with van der Waals surface area (Å²) in [6.45, 7) is 3.18. The Morgan fingerprint density at radius 2 is 2.00 bits per heavy atom. The summed E-state index contributed by atoms with van der Waals surface area (Å²) >= 11 is 0. The van der Waals surface area contributed by atoms with Gasteiger partial charge in [-0.05, 0) is 24.1 Å². The summed E-state index contributed by atoms with van der Waals surface area (Å²) in [5, 5.41) is 0. The van der Waals surface area contributed by atoms with E-state index in [-0.39, 0.29) is 18.3 Å². The Morgan fingerprint density at radius 3 is 2.50 bits per heavy atom. The first-order valence-electron chi connectivity index (χ1n) is 5.39. The van der Waals surface area contributed by atoms with Crippen LogP contribution in [0.15, 0.2) is 24.3 Å². The molecule has 1 aromatic carbocycles. The number of hydrogen-bond acceptors (Lipinski definition) is 2. The number of nitrogens with two attached hydrogens (primary N) is 1. The van der Waals surface area contributed by atoms with Gasteiger partial charge in [-0.1, -0.05) is 19.1 Å². The van der Waals surface area contributed by atoms with Crippen molar-refractivity contribution in [2.24, 2.45) is 5.73 Å². The van der Waals surface area contributed by atoms with Crippen LogP contribution in [0.2, 0.25) is 0 Å². The average Bonchev–Trinajstić information content (AvgIpc) is 2.30. The number of carbonyl (C=O) groups excluding carboxylic acids is 1. The quantitative estimate of drug-likeness (QED) is 0.824. The molecule has 4 heteroatoms. The highest BCUT2D eigenvalue weighted by Gasteiger charge is 2.10. The van der Waals surface area contributed by atoms with Gasteiger partial charge >= 0.3 is 0 Å². The zero-order valence-corrected chi connectivity index (χ0v) is 9.45. The van der Waals surface area contributed by atoms with Crippen molar-refractivity contribution in [3.8, 4) is 0 Å². The van der Waals surface area contributed by atoms with Crippen LogP contribution >= 0.6 is 0 Å². The molecule has 0 spiro atoms. The van der Waals surface area contributed by atoms with Gasteiger partial charge in [-0.3, -0.25) is 4.79 Å². The third kappa shape index (κ3) is 3.62. The van der Waals surface area contributed by atoms with E-state index < -0.39 is 0 Å². The second kappa shape index (κ2) is 6.23. The molecule has 0 heterocycles. The van der Waals surface area contributed by atoms with Crippen molar-refractivity contribution in [1.29, 1.82) is 0 Å². The highest BCUT2D eigenvalue weighted by molar-refractivity contribution is 5.77. The predicted octanol–water partition coefficient (Wildman–Crippen LogP) is 1.52. The van der Waals surface area contributed by atoms with Crippen LogP contribution in [0.25, 0.3) is 0 Å². The number of benzene rings is 1. The molecule has 1 aromatic rings. The predicted molar refractivity (Wildman–Crippen MR) is 61.2 cm³/mol. The van der Waals surface area contributed by atoms with Crippen LogP contribution in [0.3, 0.4) is 0 Å². The van der Waals surface area contributed by atoms with Crippen molar-refractivity contribution in [2.45, 2.75) is 19.9 Å². The lowest BCUT2D eigenvalue weighted by Crippen LogP contribution is -2.36. The SMILES string of the molecule is CCCN(Cc1ccc(F)cc1)C(=O)CN. The zero-order valence-electron chi connectivity index (χ0n) is 9.45. The van der Waals surface area contributed by atoms with Crippen LogP contribution < -0.4 is 5.73 Å². The van der Waals surface area contributed by atoms with E-state index in [0.29, 0.717) is 13.1 Å². The molecule has 1 amide bonds. The molecule has 0 aliphatic heterocycles. The van der Waals surface area contributed by atoms with E-state index in [1.807, 2.05) is 6.92 Å². The summed E-state index contributed by atoms with van der Waals surface area (Å²) in [5.74, 6) is -0.345. The molecule has 0 atom stereocenters. The van der Waals surface area contributed by atoms with E-state index in [9.17, 15) is 9.18 Å². The molecule has 0 aromatic heterocycles. The summed E-state index contributed by atoms with van der Waals surface area (Å²) in [5.41, 5.74) is 6.24. The van der Waals surface area contributed by atoms with E-state index in [1.54, 1.807) is 17.0 Å². The normalized spacial score (nSPS) is 10.2. The van der Waals surface area contributed by atoms with Gasteiger partial charge in [-0.2, -0.15) is 0 Å². The van der Waals surface area contributed by atoms with Crippen molar-refractivity contribution in [1.82, 2.24) is 4.90 Å². The van der Waals surface area contributed by atoms with Gasteiger partial charge in [0, 0.05) is 13.1 Å². The Labute approximate surface area is 95.0 Å². The number of rotatable bonds is 5. The Balaban J connectivity index is 2.67. The van der Waals surface area contributed by atoms with Crippen molar-refractivity contribution >= 4 is 5.91 Å². The lowest BCUT2D eigenvalue weighted by Gasteiger charge is -2.21. The lowest BCUT2D eigenvalue weighted by molar-refractivity contribution is -0.130. The minimum Gasteiger partial charge on any atom is -0.337 e. The molecule has 88 valence electrons. The van der Waals surface area contributed by atoms with Crippen LogP contribution in [-0.4, -0.2) is 23.9 Å². The highest BCUT2D eigenvalue weighted by Crippen LogP contribution is 2.07. The van der Waals surface area contributed by atoms with Crippen LogP contribution in [0, 0.1) is 5.82 Å². The molecule has 0 fully saturated rings. The Kier molecular flexibility index (Phi) is 4.92. The first-order valence-corrected chi connectivity index (χ1v) is 5.39. The molecule has 0 bridgehead atoms. The topological polar surface area (TPSA) is 46.3 Å². The van der Waals surface area contributed by atoms with Gasteiger partial charge in [0.15, 0.2) is 0 Å². The van der Waals surface area contributed by atoms with Crippen LogP contribution in [-0.2, 0) is 11.3 Å². The molecular weight excluding hydrogens is 207 g/mol. The smallest absolute Gasteiger partial charge is 0.236 e. The number of nitrogens with zero attached hydrogens (tertiary/aromatic N) is 1. The fourth-order valence-electron chi connectivity index (χ4n) is 1.50. The fourth-order valence-corrected chi connectivity index (χ4v) is 1.50. The number of halogens is 1. The minimum absolute atomic E-state index is 0.0151. The van der Waals surface area contributed by atoms with Gasteiger partial charge in [0.2, 0.25) is 5.91 Å². The van der Waals surface area contributed by atoms with Gasteiger partial charge < -0.3 is 10.6 Å². The van der Waals surface area contributed by atoms with E-state index >= 15 is 0 Å². The van der Waals surface area contributed by atoms with Crippen LogP contribution in [0.4, 0.5) is 4.39 Å². The maximum absolute atomic E-state index is 12.7. The second-order valence-corrected chi connectivity index (χ2v) is 3.65. The Bertz CT molecular complexity index is 337. The van der Waals surface area contributed by atoms with Gasteiger partial charge in [0.05, 0.1) is 6.54 Å². The molecule has 0 aliphatic rings. The fraction of sp³-hybridized carbons (Fsp3) is 0.417. The standard InChI is InChI=1S/C12H17FN2O/c1-2-7-15(12(16)8-14)9-10-3-5-11(13)6-4-10/h3-6H,2,7-9,14H2,1H3. The minimum atomic E-state index is -0.268. The molecule has 0 saturated heterocycles. The summed E-state index contributed by atoms with van der Waals surface area (Å²) < 4.78 is 12.7. The molecule has 0 saturated carbocycles. The summed E-state index contributed by atoms with van der Waals surface area (Å²) in [4.78, 5) is 13.2.